The van der Waals surface area contributed by atoms with Crippen molar-refractivity contribution in [3.05, 3.63) is 89.6 Å². The molecular formula is C30H41N7O3. The Labute approximate surface area is 237 Å². The first-order valence-corrected chi connectivity index (χ1v) is 12.9. The molecule has 40 heavy (non-hydrogen) atoms. The summed E-state index contributed by atoms with van der Waals surface area (Å²) in [6.45, 7) is 8.47. The predicted molar refractivity (Wildman–Crippen MR) is 161 cm³/mol. The highest BCUT2D eigenvalue weighted by molar-refractivity contribution is 6.00. The summed E-state index contributed by atoms with van der Waals surface area (Å²) in [4.78, 5) is 42.4. The number of amides is 3. The van der Waals surface area contributed by atoms with E-state index in [2.05, 4.69) is 32.4 Å². The molecule has 3 amide bonds. The van der Waals surface area contributed by atoms with Crippen LogP contribution in [0.15, 0.2) is 83.5 Å². The van der Waals surface area contributed by atoms with Gasteiger partial charge in [0.1, 0.15) is 12.1 Å². The number of urea groups is 1. The topological polar surface area (TPSA) is 132 Å². The van der Waals surface area contributed by atoms with Crippen molar-refractivity contribution in [2.75, 3.05) is 46.6 Å². The lowest BCUT2D eigenvalue weighted by Crippen LogP contribution is -2.52. The number of aliphatic imine (C=N–C) groups is 1. The van der Waals surface area contributed by atoms with Gasteiger partial charge in [-0.3, -0.25) is 14.6 Å². The van der Waals surface area contributed by atoms with E-state index in [-0.39, 0.29) is 18.0 Å². The number of nitrogens with zero attached hydrogens (tertiary/aromatic N) is 3. The quantitative estimate of drug-likeness (QED) is 0.165. The molecule has 214 valence electrons. The second-order valence-corrected chi connectivity index (χ2v) is 9.97. The third kappa shape index (κ3) is 8.28. The van der Waals surface area contributed by atoms with E-state index in [9.17, 15) is 14.4 Å². The van der Waals surface area contributed by atoms with Gasteiger partial charge in [0.15, 0.2) is 0 Å². The third-order valence-electron chi connectivity index (χ3n) is 6.47. The van der Waals surface area contributed by atoms with Crippen LogP contribution in [0.3, 0.4) is 0 Å². The Bertz CT molecular complexity index is 1250. The van der Waals surface area contributed by atoms with E-state index >= 15 is 0 Å². The fraction of sp³-hybridized carbons (Fsp3) is 0.333. The Morgan fingerprint density at radius 3 is 2.40 bits per heavy atom. The molecule has 1 unspecified atom stereocenters. The summed E-state index contributed by atoms with van der Waals surface area (Å²) in [6.07, 6.45) is 1.90. The fourth-order valence-electron chi connectivity index (χ4n) is 4.46. The molecule has 0 bridgehead atoms. The number of amidine groups is 1. The van der Waals surface area contributed by atoms with Crippen molar-refractivity contribution in [1.29, 1.82) is 0 Å². The lowest BCUT2D eigenvalue weighted by Gasteiger charge is -2.35. The molecule has 2 aromatic rings. The number of hydrogen-bond acceptors (Lipinski definition) is 6. The molecule has 0 radical (unpaired) electrons. The summed E-state index contributed by atoms with van der Waals surface area (Å²) in [5, 5.41) is 8.96. The zero-order valence-electron chi connectivity index (χ0n) is 24.2. The van der Waals surface area contributed by atoms with Gasteiger partial charge >= 0.3 is 6.03 Å². The number of carbonyl (C=O) groups is 3. The first-order valence-electron chi connectivity index (χ1n) is 12.9. The number of nitrogens with two attached hydrogens (primary N) is 1. The molecule has 3 rings (SSSR count). The molecule has 0 fully saturated rings. The molecule has 10 nitrogen and oxygen atoms in total. The molecule has 0 aromatic heterocycles. The van der Waals surface area contributed by atoms with E-state index in [0.717, 1.165) is 23.1 Å². The van der Waals surface area contributed by atoms with Gasteiger partial charge in [0, 0.05) is 43.2 Å². The van der Waals surface area contributed by atoms with Gasteiger partial charge in [0.25, 0.3) is 0 Å². The maximum absolute atomic E-state index is 13.2. The van der Waals surface area contributed by atoms with Gasteiger partial charge < -0.3 is 31.5 Å². The number of carbonyl (C=O) groups excluding carboxylic acids is 3. The Hall–Kier alpha value is -4.44. The Morgan fingerprint density at radius 1 is 1.18 bits per heavy atom. The number of rotatable bonds is 9. The van der Waals surface area contributed by atoms with Crippen molar-refractivity contribution >= 4 is 29.7 Å². The van der Waals surface area contributed by atoms with Crippen molar-refractivity contribution in [2.45, 2.75) is 25.4 Å². The van der Waals surface area contributed by atoms with Gasteiger partial charge in [-0.05, 0) is 51.7 Å². The highest BCUT2D eigenvalue weighted by atomic mass is 16.2. The molecule has 5 N–H and O–H groups in total. The summed E-state index contributed by atoms with van der Waals surface area (Å²) in [5.74, 6) is 0.165. The van der Waals surface area contributed by atoms with Crippen LogP contribution < -0.4 is 21.7 Å². The first kappa shape index (κ1) is 31.8. The van der Waals surface area contributed by atoms with E-state index < -0.39 is 5.54 Å². The Morgan fingerprint density at radius 2 is 1.85 bits per heavy atom. The molecule has 0 saturated carbocycles. The average Bonchev–Trinajstić information content (AvgIpc) is 3.22. The van der Waals surface area contributed by atoms with Crippen molar-refractivity contribution in [1.82, 2.24) is 20.4 Å². The predicted octanol–water partition coefficient (Wildman–Crippen LogP) is 3.18. The summed E-state index contributed by atoms with van der Waals surface area (Å²) >= 11 is 0. The van der Waals surface area contributed by atoms with Crippen LogP contribution in [0.25, 0.3) is 0 Å². The van der Waals surface area contributed by atoms with E-state index in [1.54, 1.807) is 36.2 Å². The van der Waals surface area contributed by atoms with Crippen LogP contribution in [0.1, 0.15) is 35.8 Å². The molecule has 10 heteroatoms. The Kier molecular flexibility index (Phi) is 11.6. The van der Waals surface area contributed by atoms with Gasteiger partial charge in [0.05, 0.1) is 18.1 Å². The number of aldehydes is 1. The van der Waals surface area contributed by atoms with Crippen LogP contribution in [0.5, 0.6) is 0 Å². The number of hydrogen-bond donors (Lipinski definition) is 4. The smallest absolute Gasteiger partial charge is 0.318 e. The van der Waals surface area contributed by atoms with Gasteiger partial charge in [-0.25, -0.2) is 4.79 Å². The van der Waals surface area contributed by atoms with E-state index in [0.29, 0.717) is 30.2 Å². The van der Waals surface area contributed by atoms with Crippen molar-refractivity contribution in [3.63, 3.8) is 0 Å². The molecule has 1 heterocycles. The normalized spacial score (nSPS) is 15.1. The zero-order valence-corrected chi connectivity index (χ0v) is 24.2. The summed E-state index contributed by atoms with van der Waals surface area (Å²) in [7, 11) is 7.51. The second kappa shape index (κ2) is 14.6. The summed E-state index contributed by atoms with van der Waals surface area (Å²) < 4.78 is 0. The van der Waals surface area contributed by atoms with Crippen molar-refractivity contribution < 1.29 is 14.4 Å². The zero-order chi connectivity index (χ0) is 29.9. The van der Waals surface area contributed by atoms with Crippen LogP contribution >= 0.6 is 0 Å². The lowest BCUT2D eigenvalue weighted by molar-refractivity contribution is -0.111. The van der Waals surface area contributed by atoms with E-state index in [1.165, 1.54) is 6.08 Å². The van der Waals surface area contributed by atoms with Crippen LogP contribution in [0.2, 0.25) is 0 Å². The molecule has 2 aromatic carbocycles. The van der Waals surface area contributed by atoms with Gasteiger partial charge in [-0.2, -0.15) is 0 Å². The van der Waals surface area contributed by atoms with Crippen molar-refractivity contribution in [2.24, 2.45) is 10.7 Å². The minimum absolute atomic E-state index is 0.108. The molecule has 1 atom stereocenters. The van der Waals surface area contributed by atoms with Crippen molar-refractivity contribution in [3.8, 4) is 0 Å². The second-order valence-electron chi connectivity index (χ2n) is 9.97. The first-order chi connectivity index (χ1) is 19.0. The molecule has 0 aliphatic carbocycles. The molecule has 0 saturated heterocycles. The molecule has 0 spiro atoms. The van der Waals surface area contributed by atoms with E-state index in [1.807, 2.05) is 65.3 Å². The fourth-order valence-corrected chi connectivity index (χ4v) is 4.46. The number of likely N-dealkylation sites (N-methyl/N-ethyl adjacent to an activating group) is 2. The van der Waals surface area contributed by atoms with E-state index in [4.69, 9.17) is 5.73 Å². The highest BCUT2D eigenvalue weighted by Crippen LogP contribution is 2.33. The minimum atomic E-state index is -0.511. The summed E-state index contributed by atoms with van der Waals surface area (Å²) in [6, 6.07) is 16.4. The number of benzene rings is 2. The highest BCUT2D eigenvalue weighted by Gasteiger charge is 2.43. The van der Waals surface area contributed by atoms with Gasteiger partial charge in [-0.15, -0.1) is 0 Å². The van der Waals surface area contributed by atoms with Crippen LogP contribution in [0.4, 0.5) is 10.5 Å². The average molecular weight is 548 g/mol. The summed E-state index contributed by atoms with van der Waals surface area (Å²) in [5.41, 5.74) is 9.55. The Balaban J connectivity index is 0.000000360. The van der Waals surface area contributed by atoms with Gasteiger partial charge in [0.2, 0.25) is 5.91 Å². The lowest BCUT2D eigenvalue weighted by atomic mass is 9.99. The maximum Gasteiger partial charge on any atom is 0.318 e. The molecule has 1 aliphatic heterocycles. The monoisotopic (exact) mass is 547 g/mol. The number of anilines is 1. The van der Waals surface area contributed by atoms with Crippen LogP contribution in [0, 0.1) is 0 Å². The SMILES string of the molecule is C=CC(=O)Nc1cccc(C=O)c1.CN=C(N)C1=C(NC)C(C)(C)N(C(=O)NC(CN(C)C)c2ccccc2)C1. The van der Waals surface area contributed by atoms with Gasteiger partial charge in [-0.1, -0.05) is 49.0 Å². The molecular weight excluding hydrogens is 506 g/mol. The maximum atomic E-state index is 13.2. The molecule has 1 aliphatic rings. The third-order valence-corrected chi connectivity index (χ3v) is 6.47. The largest absolute Gasteiger partial charge is 0.389 e. The standard InChI is InChI=1S/C20H32N6O.C10H9NO2/c1-20(2)17(22-3)15(18(21)23-4)12-26(20)19(27)24-16(13-25(5)6)14-10-8-7-9-11-14;1-2-10(13)11-9-5-3-4-8(6-9)7-12/h7-11,16,22H,12-13H2,1-6H3,(H2,21,23)(H,24,27);2-7H,1H2,(H,11,13). The number of nitrogens with one attached hydrogen (secondary N) is 3. The van der Waals surface area contributed by atoms with Crippen LogP contribution in [-0.4, -0.2) is 80.7 Å². The van der Waals surface area contributed by atoms with Crippen LogP contribution in [-0.2, 0) is 4.79 Å². The minimum Gasteiger partial charge on any atom is -0.389 e.